The molecule has 3 aliphatic heterocycles. The largest absolute Gasteiger partial charge is 0.483 e. The van der Waals surface area contributed by atoms with Crippen LogP contribution < -0.4 is 15.4 Å². The zero-order valence-corrected chi connectivity index (χ0v) is 30.6. The first-order valence-electron chi connectivity index (χ1n) is 17.5. The van der Waals surface area contributed by atoms with Crippen molar-refractivity contribution in [3.63, 3.8) is 0 Å². The monoisotopic (exact) mass is 738 g/mol. The summed E-state index contributed by atoms with van der Waals surface area (Å²) >= 11 is 3.58. The van der Waals surface area contributed by atoms with Gasteiger partial charge in [-0.05, 0) is 91.3 Å². The number of carbonyl (C=O) groups is 4. The predicted octanol–water partition coefficient (Wildman–Crippen LogP) is 5.82. The van der Waals surface area contributed by atoms with Crippen LogP contribution in [0.1, 0.15) is 90.3 Å². The molecule has 12 heteroatoms. The van der Waals surface area contributed by atoms with Gasteiger partial charge in [0.15, 0.2) is 0 Å². The van der Waals surface area contributed by atoms with Crippen LogP contribution in [0.2, 0.25) is 0 Å². The van der Waals surface area contributed by atoms with Crippen LogP contribution in [0.25, 0.3) is 10.9 Å². The molecule has 1 spiro atoms. The Morgan fingerprint density at radius 1 is 1.18 bits per heavy atom. The smallest absolute Gasteiger partial charge is 0.408 e. The van der Waals surface area contributed by atoms with Crippen molar-refractivity contribution in [2.24, 2.45) is 5.92 Å². The number of allylic oxidation sites excluding steroid dienone is 1. The van der Waals surface area contributed by atoms with Gasteiger partial charge in [0.05, 0.1) is 24.4 Å². The summed E-state index contributed by atoms with van der Waals surface area (Å²) in [5.41, 5.74) is -0.152. The number of alkyl carbamates (subject to hydrolysis) is 1. The molecule has 6 rings (SSSR count). The average molecular weight is 740 g/mol. The number of esters is 1. The number of aromatic nitrogens is 1. The van der Waals surface area contributed by atoms with Crippen LogP contribution in [0.3, 0.4) is 0 Å². The maximum absolute atomic E-state index is 14.6. The van der Waals surface area contributed by atoms with Crippen molar-refractivity contribution in [3.05, 3.63) is 46.1 Å². The molecule has 1 aromatic carbocycles. The van der Waals surface area contributed by atoms with E-state index in [9.17, 15) is 19.2 Å². The van der Waals surface area contributed by atoms with Gasteiger partial charge in [0.25, 0.3) is 0 Å². The molecule has 1 saturated carbocycles. The Morgan fingerprint density at radius 3 is 2.73 bits per heavy atom. The van der Waals surface area contributed by atoms with Crippen LogP contribution in [-0.2, 0) is 30.3 Å². The molecule has 1 aliphatic carbocycles. The molecule has 5 unspecified atom stereocenters. The van der Waals surface area contributed by atoms with Crippen LogP contribution in [0.15, 0.2) is 34.8 Å². The highest BCUT2D eigenvalue weighted by Crippen LogP contribution is 2.48. The third-order valence-corrected chi connectivity index (χ3v) is 10.5. The van der Waals surface area contributed by atoms with E-state index >= 15 is 0 Å². The van der Waals surface area contributed by atoms with E-state index < -0.39 is 46.8 Å². The third kappa shape index (κ3) is 7.30. The summed E-state index contributed by atoms with van der Waals surface area (Å²) in [6.07, 6.45) is 8.88. The first-order valence-corrected chi connectivity index (χ1v) is 18.3. The van der Waals surface area contributed by atoms with Crippen molar-refractivity contribution in [2.75, 3.05) is 13.2 Å². The van der Waals surface area contributed by atoms with E-state index in [4.69, 9.17) is 19.2 Å². The Hall–Kier alpha value is -3.67. The van der Waals surface area contributed by atoms with Crippen molar-refractivity contribution in [1.29, 1.82) is 0 Å². The average Bonchev–Trinajstić information content (AvgIpc) is 3.61. The maximum Gasteiger partial charge on any atom is 0.408 e. The SMILES string of the molecule is CCOC(=O)C12CC1C=CCCCCCC(NC(=O)OC(C)(C)C)C(=O)N1CC3(CCc4c(c(C)nc5ccc(Br)cc45)O3)CC1C(=O)N2. The van der Waals surface area contributed by atoms with Gasteiger partial charge in [-0.25, -0.2) is 14.6 Å². The van der Waals surface area contributed by atoms with Gasteiger partial charge in [0.1, 0.15) is 34.6 Å². The van der Waals surface area contributed by atoms with Gasteiger partial charge >= 0.3 is 12.1 Å². The number of halogens is 1. The molecule has 3 amide bonds. The Morgan fingerprint density at radius 2 is 1.98 bits per heavy atom. The van der Waals surface area contributed by atoms with E-state index in [0.29, 0.717) is 37.9 Å². The minimum absolute atomic E-state index is 0.140. The highest BCUT2D eigenvalue weighted by molar-refractivity contribution is 9.10. The number of ether oxygens (including phenoxy) is 3. The highest BCUT2D eigenvalue weighted by Gasteiger charge is 2.63. The van der Waals surface area contributed by atoms with Gasteiger partial charge in [-0.2, -0.15) is 0 Å². The van der Waals surface area contributed by atoms with Gasteiger partial charge in [-0.15, -0.1) is 0 Å². The summed E-state index contributed by atoms with van der Waals surface area (Å²) in [4.78, 5) is 61.6. The number of nitrogens with one attached hydrogen (secondary N) is 2. The first-order chi connectivity index (χ1) is 23.2. The predicted molar refractivity (Wildman–Crippen MR) is 187 cm³/mol. The molecule has 2 N–H and O–H groups in total. The molecule has 4 heterocycles. The molecule has 0 radical (unpaired) electrons. The Bertz CT molecular complexity index is 1690. The second kappa shape index (κ2) is 13.6. The number of aryl methyl sites for hydroxylation is 2. The summed E-state index contributed by atoms with van der Waals surface area (Å²) in [7, 11) is 0. The van der Waals surface area contributed by atoms with Crippen molar-refractivity contribution in [2.45, 2.75) is 121 Å². The molecule has 5 atom stereocenters. The molecule has 0 bridgehead atoms. The Balaban J connectivity index is 1.36. The van der Waals surface area contributed by atoms with Gasteiger partial charge in [-0.1, -0.05) is 40.9 Å². The zero-order chi connectivity index (χ0) is 35.1. The number of hydrogen-bond acceptors (Lipinski definition) is 8. The fraction of sp³-hybridized carbons (Fsp3) is 0.595. The van der Waals surface area contributed by atoms with Crippen LogP contribution in [-0.4, -0.2) is 75.7 Å². The van der Waals surface area contributed by atoms with E-state index in [2.05, 4.69) is 32.6 Å². The summed E-state index contributed by atoms with van der Waals surface area (Å²) in [6, 6.07) is 4.13. The number of nitrogens with zero attached hydrogens (tertiary/aromatic N) is 2. The first kappa shape index (κ1) is 35.2. The summed E-state index contributed by atoms with van der Waals surface area (Å²) in [5, 5.41) is 6.86. The Kier molecular flexibility index (Phi) is 9.74. The van der Waals surface area contributed by atoms with Gasteiger partial charge in [-0.3, -0.25) is 9.59 Å². The fourth-order valence-corrected chi connectivity index (χ4v) is 7.92. The van der Waals surface area contributed by atoms with E-state index in [-0.39, 0.29) is 31.4 Å². The van der Waals surface area contributed by atoms with Crippen molar-refractivity contribution in [1.82, 2.24) is 20.5 Å². The van der Waals surface area contributed by atoms with Crippen LogP contribution in [0, 0.1) is 12.8 Å². The summed E-state index contributed by atoms with van der Waals surface area (Å²) in [6.45, 7) is 9.29. The van der Waals surface area contributed by atoms with Crippen molar-refractivity contribution in [3.8, 4) is 5.75 Å². The van der Waals surface area contributed by atoms with Gasteiger partial charge in [0, 0.05) is 27.8 Å². The lowest BCUT2D eigenvalue weighted by atomic mass is 9.87. The molecular formula is C37H47BrN4O7. The van der Waals surface area contributed by atoms with Crippen LogP contribution in [0.5, 0.6) is 5.75 Å². The van der Waals surface area contributed by atoms with Crippen molar-refractivity contribution >= 4 is 50.7 Å². The molecule has 2 aromatic rings. The molecule has 49 heavy (non-hydrogen) atoms. The van der Waals surface area contributed by atoms with E-state index in [1.54, 1.807) is 32.6 Å². The molecule has 1 aromatic heterocycles. The molecule has 1 saturated heterocycles. The minimum Gasteiger partial charge on any atom is -0.483 e. The summed E-state index contributed by atoms with van der Waals surface area (Å²) in [5.74, 6) is -0.807. The molecule has 11 nitrogen and oxygen atoms in total. The van der Waals surface area contributed by atoms with Gasteiger partial charge < -0.3 is 29.7 Å². The number of amides is 3. The van der Waals surface area contributed by atoms with Crippen molar-refractivity contribution < 1.29 is 33.4 Å². The zero-order valence-electron chi connectivity index (χ0n) is 29.0. The molecular weight excluding hydrogens is 692 g/mol. The van der Waals surface area contributed by atoms with E-state index in [1.165, 1.54) is 0 Å². The number of pyridine rings is 1. The topological polar surface area (TPSA) is 136 Å². The number of carbonyl (C=O) groups excluding carboxylic acids is 4. The van der Waals surface area contributed by atoms with Gasteiger partial charge in [0.2, 0.25) is 11.8 Å². The third-order valence-electron chi connectivity index (χ3n) is 10.0. The molecule has 264 valence electrons. The summed E-state index contributed by atoms with van der Waals surface area (Å²) < 4.78 is 18.8. The number of benzene rings is 1. The quantitative estimate of drug-likeness (QED) is 0.297. The highest BCUT2D eigenvalue weighted by atomic mass is 79.9. The van der Waals surface area contributed by atoms with E-state index in [0.717, 1.165) is 45.9 Å². The molecule has 2 fully saturated rings. The number of rotatable bonds is 3. The van der Waals surface area contributed by atoms with Crippen LogP contribution >= 0.6 is 15.9 Å². The lowest BCUT2D eigenvalue weighted by Crippen LogP contribution is -2.57. The maximum atomic E-state index is 14.6. The number of hydrogen-bond donors (Lipinski definition) is 2. The Labute approximate surface area is 296 Å². The van der Waals surface area contributed by atoms with Crippen LogP contribution in [0.4, 0.5) is 4.79 Å². The fourth-order valence-electron chi connectivity index (χ4n) is 7.56. The lowest BCUT2D eigenvalue weighted by Gasteiger charge is -2.36. The molecule has 4 aliphatic rings. The van der Waals surface area contributed by atoms with E-state index in [1.807, 2.05) is 31.2 Å². The second-order valence-corrected chi connectivity index (χ2v) is 15.8. The lowest BCUT2D eigenvalue weighted by molar-refractivity contribution is -0.150. The normalized spacial score (nSPS) is 28.7. The minimum atomic E-state index is -1.19. The number of fused-ring (bicyclic) bond motifs is 5. The standard InChI is InChI=1S/C37H47BrN4O7/c1-6-47-33(45)37-19-23(37)12-10-8-7-9-11-13-28(40-34(46)49-35(3,4)5)32(44)42-21-36(20-29(42)31(43)41-37)17-16-25-26-18-24(38)14-15-27(26)39-22(2)30(25)48-36/h10,12,14-15,18,23,28-29H,6-9,11,13,16-17,19-21H2,1-5H3,(H,40,46)(H,41,43). The second-order valence-electron chi connectivity index (χ2n) is 14.9.